The molecule has 0 atom stereocenters. The first-order valence-corrected chi connectivity index (χ1v) is 7.02. The highest BCUT2D eigenvalue weighted by Gasteiger charge is 2.30. The van der Waals surface area contributed by atoms with Gasteiger partial charge in [-0.2, -0.15) is 0 Å². The van der Waals surface area contributed by atoms with Gasteiger partial charge in [0.05, 0.1) is 0 Å². The lowest BCUT2D eigenvalue weighted by molar-refractivity contribution is 0.112. The second-order valence-electron chi connectivity index (χ2n) is 6.58. The van der Waals surface area contributed by atoms with Gasteiger partial charge in [-0.25, -0.2) is 8.78 Å². The molecule has 0 aromatic heterocycles. The maximum atomic E-state index is 14.0. The number of nitrogens with zero attached hydrogens (tertiary/aromatic N) is 1. The van der Waals surface area contributed by atoms with Crippen LogP contribution in [0, 0.1) is 23.0 Å². The summed E-state index contributed by atoms with van der Waals surface area (Å²) in [6.45, 7) is 7.90. The van der Waals surface area contributed by atoms with Crippen molar-refractivity contribution in [3.63, 3.8) is 0 Å². The second kappa shape index (κ2) is 5.51. The monoisotopic (exact) mass is 281 g/mol. The molecule has 1 aromatic carbocycles. The van der Waals surface area contributed by atoms with Crippen molar-refractivity contribution in [2.75, 3.05) is 18.0 Å². The third-order valence-corrected chi connectivity index (χ3v) is 4.21. The van der Waals surface area contributed by atoms with Gasteiger partial charge < -0.3 is 4.90 Å². The summed E-state index contributed by atoms with van der Waals surface area (Å²) in [5.41, 5.74) is 0.265. The minimum absolute atomic E-state index is 0.00274. The summed E-state index contributed by atoms with van der Waals surface area (Å²) in [5, 5.41) is 0. The summed E-state index contributed by atoms with van der Waals surface area (Å²) < 4.78 is 27.9. The lowest BCUT2D eigenvalue weighted by atomic mass is 9.75. The molecule has 1 fully saturated rings. The van der Waals surface area contributed by atoms with Crippen molar-refractivity contribution in [1.82, 2.24) is 0 Å². The highest BCUT2D eigenvalue weighted by molar-refractivity contribution is 5.76. The van der Waals surface area contributed by atoms with Crippen molar-refractivity contribution in [3.8, 4) is 0 Å². The maximum Gasteiger partial charge on any atom is 0.150 e. The highest BCUT2D eigenvalue weighted by atomic mass is 19.1. The van der Waals surface area contributed by atoms with Gasteiger partial charge in [-0.1, -0.05) is 20.8 Å². The molecule has 4 heteroatoms. The third kappa shape index (κ3) is 3.00. The first-order valence-electron chi connectivity index (χ1n) is 7.02. The number of carbonyl (C=O) groups is 1. The van der Waals surface area contributed by atoms with Crippen LogP contribution in [-0.4, -0.2) is 19.4 Å². The number of benzene rings is 1. The Morgan fingerprint density at radius 3 is 2.05 bits per heavy atom. The van der Waals surface area contributed by atoms with Crippen molar-refractivity contribution < 1.29 is 13.6 Å². The number of rotatable bonds is 2. The van der Waals surface area contributed by atoms with Crippen LogP contribution in [0.3, 0.4) is 0 Å². The molecule has 1 aliphatic rings. The van der Waals surface area contributed by atoms with E-state index in [0.29, 0.717) is 25.3 Å². The van der Waals surface area contributed by atoms with Crippen LogP contribution in [-0.2, 0) is 0 Å². The molecule has 1 saturated heterocycles. The molecule has 0 saturated carbocycles. The largest absolute Gasteiger partial charge is 0.367 e. The molecule has 0 N–H and O–H groups in total. The van der Waals surface area contributed by atoms with E-state index in [0.717, 1.165) is 25.0 Å². The molecule has 110 valence electrons. The Labute approximate surface area is 118 Å². The van der Waals surface area contributed by atoms with E-state index in [9.17, 15) is 13.6 Å². The molecule has 2 nitrogen and oxygen atoms in total. The summed E-state index contributed by atoms with van der Waals surface area (Å²) in [6, 6.07) is 2.20. The van der Waals surface area contributed by atoms with Crippen molar-refractivity contribution in [2.24, 2.45) is 11.3 Å². The molecular formula is C16H21F2NO. The van der Waals surface area contributed by atoms with Crippen LogP contribution in [0.25, 0.3) is 0 Å². The minimum atomic E-state index is -0.652. The van der Waals surface area contributed by atoms with Crippen molar-refractivity contribution in [2.45, 2.75) is 33.6 Å². The topological polar surface area (TPSA) is 20.3 Å². The molecule has 1 heterocycles. The molecule has 0 amide bonds. The highest BCUT2D eigenvalue weighted by Crippen LogP contribution is 2.36. The number of anilines is 1. The van der Waals surface area contributed by atoms with Gasteiger partial charge in [0.25, 0.3) is 0 Å². The number of piperidine rings is 1. The normalized spacial score (nSPS) is 17.4. The summed E-state index contributed by atoms with van der Waals surface area (Å²) in [4.78, 5) is 12.4. The molecule has 0 aliphatic carbocycles. The Kier molecular flexibility index (Phi) is 4.11. The van der Waals surface area contributed by atoms with Crippen molar-refractivity contribution in [1.29, 1.82) is 0 Å². The number of carbonyl (C=O) groups excluding carboxylic acids is 1. The smallest absolute Gasteiger partial charge is 0.150 e. The van der Waals surface area contributed by atoms with Crippen LogP contribution < -0.4 is 4.90 Å². The second-order valence-corrected chi connectivity index (χ2v) is 6.58. The summed E-state index contributed by atoms with van der Waals surface area (Å²) in [7, 11) is 0. The van der Waals surface area contributed by atoms with Gasteiger partial charge in [-0.15, -0.1) is 0 Å². The quantitative estimate of drug-likeness (QED) is 0.762. The standard InChI is InChI=1S/C16H21F2NO/c1-16(2,3)12-4-6-19(7-5-12)15-13(17)8-11(10-20)9-14(15)18/h8-10,12H,4-7H2,1-3H3. The van der Waals surface area contributed by atoms with Crippen molar-refractivity contribution >= 4 is 12.0 Å². The van der Waals surface area contributed by atoms with Gasteiger partial charge in [0.2, 0.25) is 0 Å². The van der Waals surface area contributed by atoms with Gasteiger partial charge in [0.15, 0.2) is 0 Å². The van der Waals surface area contributed by atoms with E-state index in [1.807, 2.05) is 0 Å². The molecule has 1 aliphatic heterocycles. The lowest BCUT2D eigenvalue weighted by Crippen LogP contribution is -2.38. The third-order valence-electron chi connectivity index (χ3n) is 4.21. The van der Waals surface area contributed by atoms with Crippen LogP contribution >= 0.6 is 0 Å². The van der Waals surface area contributed by atoms with Crippen LogP contribution in [0.15, 0.2) is 12.1 Å². The van der Waals surface area contributed by atoms with E-state index in [2.05, 4.69) is 20.8 Å². The molecule has 2 rings (SSSR count). The number of hydrogen-bond donors (Lipinski definition) is 0. The average Bonchev–Trinajstić information content (AvgIpc) is 2.37. The fourth-order valence-corrected chi connectivity index (χ4v) is 2.92. The van der Waals surface area contributed by atoms with Gasteiger partial charge in [-0.3, -0.25) is 4.79 Å². The SMILES string of the molecule is CC(C)(C)C1CCN(c2c(F)cc(C=O)cc2F)CC1. The van der Waals surface area contributed by atoms with Gasteiger partial charge in [0, 0.05) is 18.7 Å². The fraction of sp³-hybridized carbons (Fsp3) is 0.562. The van der Waals surface area contributed by atoms with E-state index in [-0.39, 0.29) is 16.7 Å². The summed E-state index contributed by atoms with van der Waals surface area (Å²) >= 11 is 0. The zero-order valence-electron chi connectivity index (χ0n) is 12.2. The van der Waals surface area contributed by atoms with Gasteiger partial charge >= 0.3 is 0 Å². The number of halogens is 2. The first kappa shape index (κ1) is 14.9. The summed E-state index contributed by atoms with van der Waals surface area (Å²) in [5.74, 6) is -0.735. The van der Waals surface area contributed by atoms with E-state index < -0.39 is 11.6 Å². The van der Waals surface area contributed by atoms with Crippen LogP contribution in [0.1, 0.15) is 44.0 Å². The molecule has 1 aromatic rings. The average molecular weight is 281 g/mol. The Morgan fingerprint density at radius 2 is 1.65 bits per heavy atom. The molecule has 0 spiro atoms. The van der Waals surface area contributed by atoms with Crippen LogP contribution in [0.5, 0.6) is 0 Å². The fourth-order valence-electron chi connectivity index (χ4n) is 2.92. The zero-order chi connectivity index (χ0) is 14.9. The molecular weight excluding hydrogens is 260 g/mol. The molecule has 0 bridgehead atoms. The Hall–Kier alpha value is -1.45. The predicted octanol–water partition coefficient (Wildman–Crippen LogP) is 4.04. The van der Waals surface area contributed by atoms with Gasteiger partial charge in [0.1, 0.15) is 23.6 Å². The van der Waals surface area contributed by atoms with Crippen LogP contribution in [0.2, 0.25) is 0 Å². The Balaban J connectivity index is 2.17. The number of aldehydes is 1. The van der Waals surface area contributed by atoms with E-state index >= 15 is 0 Å². The Morgan fingerprint density at radius 1 is 1.15 bits per heavy atom. The molecule has 0 unspecified atom stereocenters. The van der Waals surface area contributed by atoms with Crippen LogP contribution in [0.4, 0.5) is 14.5 Å². The summed E-state index contributed by atoms with van der Waals surface area (Å²) in [6.07, 6.45) is 2.32. The number of hydrogen-bond acceptors (Lipinski definition) is 2. The maximum absolute atomic E-state index is 14.0. The zero-order valence-corrected chi connectivity index (χ0v) is 12.2. The predicted molar refractivity (Wildman–Crippen MR) is 76.1 cm³/mol. The van der Waals surface area contributed by atoms with E-state index in [1.165, 1.54) is 0 Å². The molecule has 20 heavy (non-hydrogen) atoms. The Bertz CT molecular complexity index is 477. The van der Waals surface area contributed by atoms with E-state index in [1.54, 1.807) is 4.90 Å². The first-order chi connectivity index (χ1) is 9.32. The lowest BCUT2D eigenvalue weighted by Gasteiger charge is -2.39. The van der Waals surface area contributed by atoms with Crippen molar-refractivity contribution in [3.05, 3.63) is 29.3 Å². The minimum Gasteiger partial charge on any atom is -0.367 e. The van der Waals surface area contributed by atoms with E-state index in [4.69, 9.17) is 0 Å². The molecule has 0 radical (unpaired) electrons. The van der Waals surface area contributed by atoms with Gasteiger partial charge in [-0.05, 0) is 36.3 Å².